The van der Waals surface area contributed by atoms with E-state index >= 15 is 0 Å². The molecule has 3 aromatic rings. The maximum Gasteiger partial charge on any atom is 0.244 e. The number of hydrogen-bond donors (Lipinski definition) is 2. The van der Waals surface area contributed by atoms with Crippen LogP contribution in [-0.2, 0) is 0 Å². The summed E-state index contributed by atoms with van der Waals surface area (Å²) in [5.74, 6) is 0.278. The van der Waals surface area contributed by atoms with Crippen molar-refractivity contribution in [1.29, 1.82) is 5.26 Å². The SMILES string of the molecule is Cc1ccc(C2C(C#N)=C(N)Oc3n[nH]c(-c4ccccc4)c32)s1. The molecule has 24 heavy (non-hydrogen) atoms. The van der Waals surface area contributed by atoms with Crippen LogP contribution in [0.3, 0.4) is 0 Å². The number of H-pyrrole nitrogens is 1. The van der Waals surface area contributed by atoms with E-state index in [0.717, 1.165) is 21.7 Å². The van der Waals surface area contributed by atoms with Crippen LogP contribution in [0.5, 0.6) is 5.88 Å². The van der Waals surface area contributed by atoms with Crippen LogP contribution < -0.4 is 10.5 Å². The zero-order valence-corrected chi connectivity index (χ0v) is 13.7. The lowest BCUT2D eigenvalue weighted by atomic mass is 9.87. The highest BCUT2D eigenvalue weighted by molar-refractivity contribution is 7.12. The van der Waals surface area contributed by atoms with Gasteiger partial charge in [0.05, 0.1) is 17.2 Å². The van der Waals surface area contributed by atoms with E-state index in [1.54, 1.807) is 11.3 Å². The molecule has 1 aliphatic rings. The Labute approximate surface area is 143 Å². The zero-order chi connectivity index (χ0) is 16.7. The summed E-state index contributed by atoms with van der Waals surface area (Å²) in [6.07, 6.45) is 0. The Morgan fingerprint density at radius 2 is 2.04 bits per heavy atom. The van der Waals surface area contributed by atoms with Crippen molar-refractivity contribution in [3.63, 3.8) is 0 Å². The van der Waals surface area contributed by atoms with Crippen molar-refractivity contribution in [2.75, 3.05) is 0 Å². The lowest BCUT2D eigenvalue weighted by molar-refractivity contribution is 0.379. The Morgan fingerprint density at radius 3 is 2.71 bits per heavy atom. The van der Waals surface area contributed by atoms with Crippen molar-refractivity contribution in [3.8, 4) is 23.2 Å². The lowest BCUT2D eigenvalue weighted by Crippen LogP contribution is -2.20. The number of aromatic amines is 1. The van der Waals surface area contributed by atoms with Gasteiger partial charge in [-0.15, -0.1) is 16.4 Å². The number of rotatable bonds is 2. The molecular formula is C18H14N4OS. The third kappa shape index (κ3) is 2.18. The molecule has 1 atom stereocenters. The molecule has 0 radical (unpaired) electrons. The number of nitrogens with zero attached hydrogens (tertiary/aromatic N) is 2. The molecule has 3 heterocycles. The van der Waals surface area contributed by atoms with Gasteiger partial charge in [-0.1, -0.05) is 30.3 Å². The lowest BCUT2D eigenvalue weighted by Gasteiger charge is -2.22. The topological polar surface area (TPSA) is 87.7 Å². The zero-order valence-electron chi connectivity index (χ0n) is 12.9. The van der Waals surface area contributed by atoms with E-state index in [1.165, 1.54) is 4.88 Å². The molecule has 6 heteroatoms. The van der Waals surface area contributed by atoms with Crippen LogP contribution in [0.2, 0.25) is 0 Å². The molecule has 0 saturated carbocycles. The second-order valence-corrected chi connectivity index (χ2v) is 6.88. The Hall–Kier alpha value is -3.04. The molecular weight excluding hydrogens is 320 g/mol. The number of ether oxygens (including phenoxy) is 1. The quantitative estimate of drug-likeness (QED) is 0.748. The Morgan fingerprint density at radius 1 is 1.25 bits per heavy atom. The first-order valence-corrected chi connectivity index (χ1v) is 8.28. The van der Waals surface area contributed by atoms with Crippen LogP contribution in [0.4, 0.5) is 0 Å². The number of thiophene rings is 1. The smallest absolute Gasteiger partial charge is 0.244 e. The highest BCUT2D eigenvalue weighted by atomic mass is 32.1. The third-order valence-electron chi connectivity index (χ3n) is 4.05. The number of aromatic nitrogens is 2. The molecule has 5 nitrogen and oxygen atoms in total. The monoisotopic (exact) mass is 334 g/mol. The second kappa shape index (κ2) is 5.55. The van der Waals surface area contributed by atoms with Crippen LogP contribution in [-0.4, -0.2) is 10.2 Å². The molecule has 1 aliphatic heterocycles. The maximum atomic E-state index is 9.63. The van der Waals surface area contributed by atoms with Crippen molar-refractivity contribution >= 4 is 11.3 Å². The van der Waals surface area contributed by atoms with E-state index in [4.69, 9.17) is 10.5 Å². The van der Waals surface area contributed by atoms with Gasteiger partial charge in [0.15, 0.2) is 0 Å². The van der Waals surface area contributed by atoms with Gasteiger partial charge in [-0.25, -0.2) is 0 Å². The standard InChI is InChI=1S/C18H14N4OS/c1-10-7-8-13(24-10)14-12(9-19)17(20)23-18-15(14)16(21-22-18)11-5-3-2-4-6-11/h2-8,14H,20H2,1H3,(H,21,22). The number of nitrogens with two attached hydrogens (primary N) is 1. The van der Waals surface area contributed by atoms with Crippen LogP contribution in [0, 0.1) is 18.3 Å². The molecule has 0 saturated heterocycles. The fraction of sp³-hybridized carbons (Fsp3) is 0.111. The average Bonchev–Trinajstić information content (AvgIpc) is 3.20. The minimum Gasteiger partial charge on any atom is -0.420 e. The van der Waals surface area contributed by atoms with Crippen molar-refractivity contribution in [1.82, 2.24) is 10.2 Å². The molecule has 2 aromatic heterocycles. The normalized spacial score (nSPS) is 16.4. The number of benzene rings is 1. The van der Waals surface area contributed by atoms with Crippen molar-refractivity contribution in [3.05, 3.63) is 69.2 Å². The first-order chi connectivity index (χ1) is 11.7. The van der Waals surface area contributed by atoms with Gasteiger partial charge in [-0.05, 0) is 24.6 Å². The third-order valence-corrected chi connectivity index (χ3v) is 5.11. The van der Waals surface area contributed by atoms with Crippen LogP contribution >= 0.6 is 11.3 Å². The predicted molar refractivity (Wildman–Crippen MR) is 92.4 cm³/mol. The van der Waals surface area contributed by atoms with Gasteiger partial charge in [0.25, 0.3) is 0 Å². The Kier molecular flexibility index (Phi) is 3.36. The minimum atomic E-state index is -0.272. The molecule has 0 fully saturated rings. The maximum absolute atomic E-state index is 9.63. The van der Waals surface area contributed by atoms with Crippen LogP contribution in [0.25, 0.3) is 11.3 Å². The van der Waals surface area contributed by atoms with E-state index in [0.29, 0.717) is 11.5 Å². The summed E-state index contributed by atoms with van der Waals surface area (Å²) in [6.45, 7) is 2.04. The van der Waals surface area contributed by atoms with Gasteiger partial charge in [0, 0.05) is 9.75 Å². The molecule has 0 aliphatic carbocycles. The largest absolute Gasteiger partial charge is 0.420 e. The van der Waals surface area contributed by atoms with E-state index < -0.39 is 0 Å². The second-order valence-electron chi connectivity index (χ2n) is 5.56. The summed E-state index contributed by atoms with van der Waals surface area (Å²) < 4.78 is 5.59. The fourth-order valence-electron chi connectivity index (χ4n) is 2.96. The Balaban J connectivity index is 1.96. The molecule has 3 N–H and O–H groups in total. The highest BCUT2D eigenvalue weighted by Crippen LogP contribution is 2.47. The van der Waals surface area contributed by atoms with E-state index in [1.807, 2.05) is 49.4 Å². The van der Waals surface area contributed by atoms with E-state index in [2.05, 4.69) is 16.3 Å². The molecule has 4 rings (SSSR count). The number of aryl methyl sites for hydroxylation is 1. The summed E-state index contributed by atoms with van der Waals surface area (Å²) in [6, 6.07) is 16.2. The van der Waals surface area contributed by atoms with Gasteiger partial charge in [-0.3, -0.25) is 5.10 Å². The van der Waals surface area contributed by atoms with Gasteiger partial charge in [-0.2, -0.15) is 5.26 Å². The van der Waals surface area contributed by atoms with E-state index in [9.17, 15) is 5.26 Å². The van der Waals surface area contributed by atoms with Crippen molar-refractivity contribution in [2.45, 2.75) is 12.8 Å². The van der Waals surface area contributed by atoms with Crippen LogP contribution in [0.15, 0.2) is 53.9 Å². The molecule has 0 bridgehead atoms. The number of hydrogen-bond acceptors (Lipinski definition) is 5. The van der Waals surface area contributed by atoms with Gasteiger partial charge >= 0.3 is 0 Å². The molecule has 1 aromatic carbocycles. The number of fused-ring (bicyclic) bond motifs is 1. The first-order valence-electron chi connectivity index (χ1n) is 7.46. The number of allylic oxidation sites excluding steroid dienone is 1. The molecule has 0 amide bonds. The minimum absolute atomic E-state index is 0.118. The van der Waals surface area contributed by atoms with Gasteiger partial charge in [0.1, 0.15) is 11.6 Å². The predicted octanol–water partition coefficient (Wildman–Crippen LogP) is 3.66. The molecule has 1 unspecified atom stereocenters. The van der Waals surface area contributed by atoms with Gasteiger partial charge < -0.3 is 10.5 Å². The first kappa shape index (κ1) is 14.5. The molecule has 118 valence electrons. The van der Waals surface area contributed by atoms with E-state index in [-0.39, 0.29) is 11.8 Å². The summed E-state index contributed by atoms with van der Waals surface area (Å²) in [7, 11) is 0. The summed E-state index contributed by atoms with van der Waals surface area (Å²) in [4.78, 5) is 2.23. The number of nitriles is 1. The summed E-state index contributed by atoms with van der Waals surface area (Å²) >= 11 is 1.65. The summed E-state index contributed by atoms with van der Waals surface area (Å²) in [5.41, 5.74) is 9.09. The fourth-order valence-corrected chi connectivity index (χ4v) is 3.96. The van der Waals surface area contributed by atoms with Crippen molar-refractivity contribution < 1.29 is 4.74 Å². The van der Waals surface area contributed by atoms with Crippen LogP contribution in [0.1, 0.15) is 21.2 Å². The molecule has 0 spiro atoms. The highest BCUT2D eigenvalue weighted by Gasteiger charge is 2.36. The average molecular weight is 334 g/mol. The van der Waals surface area contributed by atoms with Gasteiger partial charge in [0.2, 0.25) is 11.8 Å². The number of nitrogens with one attached hydrogen (secondary N) is 1. The van der Waals surface area contributed by atoms with Crippen molar-refractivity contribution in [2.24, 2.45) is 5.73 Å². The summed E-state index contributed by atoms with van der Waals surface area (Å²) in [5, 5.41) is 16.9. The Bertz CT molecular complexity index is 978.